The molecular formula is C11H10ClN3O3S. The minimum Gasteiger partial charge on any atom is -0.431 e. The number of hydrogen-bond donors (Lipinski definition) is 2. The molecule has 0 fully saturated rings. The maximum absolute atomic E-state index is 11.5. The molecule has 2 aromatic rings. The minimum atomic E-state index is -0.887. The van der Waals surface area contributed by atoms with Crippen LogP contribution in [0.5, 0.6) is 0 Å². The molecule has 1 atom stereocenters. The van der Waals surface area contributed by atoms with Crippen molar-refractivity contribution in [3.05, 3.63) is 23.2 Å². The van der Waals surface area contributed by atoms with Gasteiger partial charge in [0.1, 0.15) is 5.52 Å². The summed E-state index contributed by atoms with van der Waals surface area (Å²) in [5.74, 6) is -0.502. The molecule has 0 unspecified atom stereocenters. The molecule has 0 radical (unpaired) electrons. The van der Waals surface area contributed by atoms with Crippen LogP contribution in [0, 0.1) is 0 Å². The molecule has 6 nitrogen and oxygen atoms in total. The van der Waals surface area contributed by atoms with Gasteiger partial charge in [0.05, 0.1) is 5.25 Å². The Hall–Kier alpha value is -1.73. The molecule has 3 N–H and O–H groups in total. The molecule has 0 bridgehead atoms. The summed E-state index contributed by atoms with van der Waals surface area (Å²) in [6, 6.07) is 4.17. The second-order valence-corrected chi connectivity index (χ2v) is 5.43. The molecule has 100 valence electrons. The van der Waals surface area contributed by atoms with Crippen molar-refractivity contribution < 1.29 is 14.0 Å². The number of primary amides is 1. The summed E-state index contributed by atoms with van der Waals surface area (Å²) in [7, 11) is 0. The first-order valence-corrected chi connectivity index (χ1v) is 6.54. The van der Waals surface area contributed by atoms with Crippen LogP contribution in [0.4, 0.5) is 4.79 Å². The third-order valence-corrected chi connectivity index (χ3v) is 3.40. The predicted molar refractivity (Wildman–Crippen MR) is 72.1 cm³/mol. The van der Waals surface area contributed by atoms with E-state index in [4.69, 9.17) is 21.8 Å². The van der Waals surface area contributed by atoms with E-state index in [-0.39, 0.29) is 0 Å². The zero-order chi connectivity index (χ0) is 14.0. The van der Waals surface area contributed by atoms with Crippen LogP contribution >= 0.6 is 23.4 Å². The van der Waals surface area contributed by atoms with Crippen molar-refractivity contribution in [1.29, 1.82) is 0 Å². The monoisotopic (exact) mass is 299 g/mol. The SMILES string of the molecule is C[C@@H](Sc1nc2ccc(Cl)cc2o1)C(=O)NC(N)=O. The molecule has 1 heterocycles. The zero-order valence-corrected chi connectivity index (χ0v) is 11.4. The average molecular weight is 300 g/mol. The number of imide groups is 1. The molecule has 0 aliphatic rings. The number of aromatic nitrogens is 1. The van der Waals surface area contributed by atoms with E-state index >= 15 is 0 Å². The average Bonchev–Trinajstić information content (AvgIpc) is 2.69. The van der Waals surface area contributed by atoms with E-state index in [9.17, 15) is 9.59 Å². The number of benzene rings is 1. The molecule has 0 aliphatic heterocycles. The number of carbonyl (C=O) groups excluding carboxylic acids is 2. The van der Waals surface area contributed by atoms with Gasteiger partial charge in [-0.15, -0.1) is 0 Å². The van der Waals surface area contributed by atoms with Crippen LogP contribution in [0.25, 0.3) is 11.1 Å². The molecule has 1 aromatic heterocycles. The molecule has 0 spiro atoms. The van der Waals surface area contributed by atoms with Crippen LogP contribution in [0.2, 0.25) is 5.02 Å². The maximum atomic E-state index is 11.5. The highest BCUT2D eigenvalue weighted by molar-refractivity contribution is 8.00. The maximum Gasteiger partial charge on any atom is 0.318 e. The third kappa shape index (κ3) is 3.39. The Morgan fingerprint density at radius 3 is 2.95 bits per heavy atom. The molecule has 0 aliphatic carbocycles. The highest BCUT2D eigenvalue weighted by Gasteiger charge is 2.19. The summed E-state index contributed by atoms with van der Waals surface area (Å²) in [5, 5.41) is 2.30. The van der Waals surface area contributed by atoms with Gasteiger partial charge in [0.25, 0.3) is 5.22 Å². The normalized spacial score (nSPS) is 12.3. The summed E-state index contributed by atoms with van der Waals surface area (Å²) >= 11 is 6.92. The molecule has 19 heavy (non-hydrogen) atoms. The fraction of sp³-hybridized carbons (Fsp3) is 0.182. The second kappa shape index (κ2) is 5.50. The van der Waals surface area contributed by atoms with Crippen LogP contribution in [-0.2, 0) is 4.79 Å². The molecule has 1 aromatic carbocycles. The third-order valence-electron chi connectivity index (χ3n) is 2.22. The number of halogens is 1. The molecule has 0 saturated heterocycles. The fourth-order valence-electron chi connectivity index (χ4n) is 1.36. The van der Waals surface area contributed by atoms with Crippen molar-refractivity contribution in [2.75, 3.05) is 0 Å². The van der Waals surface area contributed by atoms with Crippen molar-refractivity contribution >= 4 is 46.4 Å². The first kappa shape index (κ1) is 13.7. The number of nitrogens with two attached hydrogens (primary N) is 1. The number of urea groups is 1. The number of thioether (sulfide) groups is 1. The quantitative estimate of drug-likeness (QED) is 0.846. The smallest absolute Gasteiger partial charge is 0.318 e. The molecule has 0 saturated carbocycles. The number of fused-ring (bicyclic) bond motifs is 1. The lowest BCUT2D eigenvalue weighted by molar-refractivity contribution is -0.119. The number of oxazole rings is 1. The first-order valence-electron chi connectivity index (χ1n) is 5.29. The van der Waals surface area contributed by atoms with E-state index in [1.54, 1.807) is 25.1 Å². The van der Waals surface area contributed by atoms with E-state index in [0.29, 0.717) is 21.3 Å². The Balaban J connectivity index is 2.12. The number of carbonyl (C=O) groups is 2. The van der Waals surface area contributed by atoms with Gasteiger partial charge in [-0.25, -0.2) is 9.78 Å². The Labute approximate surface area is 117 Å². The lowest BCUT2D eigenvalue weighted by atomic mass is 10.3. The van der Waals surface area contributed by atoms with Crippen molar-refractivity contribution in [1.82, 2.24) is 10.3 Å². The summed E-state index contributed by atoms with van der Waals surface area (Å²) < 4.78 is 5.45. The summed E-state index contributed by atoms with van der Waals surface area (Å²) in [6.07, 6.45) is 0. The van der Waals surface area contributed by atoms with Gasteiger partial charge in [-0.3, -0.25) is 10.1 Å². The second-order valence-electron chi connectivity index (χ2n) is 3.71. The van der Waals surface area contributed by atoms with Crippen LogP contribution in [0.15, 0.2) is 27.8 Å². The van der Waals surface area contributed by atoms with Gasteiger partial charge in [-0.1, -0.05) is 23.4 Å². The number of hydrogen-bond acceptors (Lipinski definition) is 5. The van der Waals surface area contributed by atoms with Crippen molar-refractivity contribution in [3.8, 4) is 0 Å². The van der Waals surface area contributed by atoms with Gasteiger partial charge in [0, 0.05) is 11.1 Å². The van der Waals surface area contributed by atoms with Gasteiger partial charge in [-0.2, -0.15) is 0 Å². The van der Waals surface area contributed by atoms with E-state index in [1.165, 1.54) is 0 Å². The lowest BCUT2D eigenvalue weighted by Crippen LogP contribution is -2.39. The van der Waals surface area contributed by atoms with Gasteiger partial charge in [0.15, 0.2) is 5.58 Å². The lowest BCUT2D eigenvalue weighted by Gasteiger charge is -2.06. The summed E-state index contributed by atoms with van der Waals surface area (Å²) in [6.45, 7) is 1.62. The number of nitrogens with zero attached hydrogens (tertiary/aromatic N) is 1. The molecule has 8 heteroatoms. The van der Waals surface area contributed by atoms with Crippen molar-refractivity contribution in [2.24, 2.45) is 5.73 Å². The van der Waals surface area contributed by atoms with E-state index in [2.05, 4.69) is 4.98 Å². The standard InChI is InChI=1S/C11H10ClN3O3S/c1-5(9(16)15-10(13)17)19-11-14-7-3-2-6(12)4-8(7)18-11/h2-5H,1H3,(H3,13,15,16,17)/t5-/m1/s1. The molecule has 2 rings (SSSR count). The van der Waals surface area contributed by atoms with Gasteiger partial charge in [-0.05, 0) is 19.1 Å². The number of amides is 3. The predicted octanol–water partition coefficient (Wildman–Crippen LogP) is 2.16. The summed E-state index contributed by atoms with van der Waals surface area (Å²) in [5.41, 5.74) is 6.06. The van der Waals surface area contributed by atoms with Gasteiger partial charge >= 0.3 is 6.03 Å². The largest absolute Gasteiger partial charge is 0.431 e. The fourth-order valence-corrected chi connectivity index (χ4v) is 2.27. The Morgan fingerprint density at radius 1 is 1.53 bits per heavy atom. The summed E-state index contributed by atoms with van der Waals surface area (Å²) in [4.78, 5) is 26.3. The Morgan fingerprint density at radius 2 is 2.26 bits per heavy atom. The topological polar surface area (TPSA) is 98.2 Å². The van der Waals surface area contributed by atoms with Crippen molar-refractivity contribution in [2.45, 2.75) is 17.4 Å². The number of rotatable bonds is 3. The van der Waals surface area contributed by atoms with E-state index < -0.39 is 17.2 Å². The van der Waals surface area contributed by atoms with Gasteiger partial charge < -0.3 is 10.2 Å². The first-order chi connectivity index (χ1) is 8.95. The van der Waals surface area contributed by atoms with Gasteiger partial charge in [0.2, 0.25) is 5.91 Å². The van der Waals surface area contributed by atoms with Crippen LogP contribution in [0.1, 0.15) is 6.92 Å². The van der Waals surface area contributed by atoms with Crippen molar-refractivity contribution in [3.63, 3.8) is 0 Å². The minimum absolute atomic E-state index is 0.324. The highest BCUT2D eigenvalue weighted by atomic mass is 35.5. The van der Waals surface area contributed by atoms with E-state index in [1.807, 2.05) is 5.32 Å². The number of nitrogens with one attached hydrogen (secondary N) is 1. The Bertz CT molecular complexity index is 643. The highest BCUT2D eigenvalue weighted by Crippen LogP contribution is 2.28. The van der Waals surface area contributed by atoms with E-state index in [0.717, 1.165) is 11.8 Å². The molecule has 3 amide bonds. The van der Waals surface area contributed by atoms with Crippen LogP contribution in [-0.4, -0.2) is 22.2 Å². The van der Waals surface area contributed by atoms with Crippen LogP contribution in [0.3, 0.4) is 0 Å². The Kier molecular flexibility index (Phi) is 3.96. The molecular weight excluding hydrogens is 290 g/mol. The zero-order valence-electron chi connectivity index (χ0n) is 9.84. The van der Waals surface area contributed by atoms with Crippen LogP contribution < -0.4 is 11.1 Å².